The summed E-state index contributed by atoms with van der Waals surface area (Å²) in [5, 5.41) is 0. The van der Waals surface area contributed by atoms with Crippen LogP contribution in [0, 0.1) is 0 Å². The number of hydrogen-bond acceptors (Lipinski definition) is 4. The van der Waals surface area contributed by atoms with Gasteiger partial charge in [-0.15, -0.1) is 0 Å². The van der Waals surface area contributed by atoms with E-state index in [0.717, 1.165) is 6.20 Å². The first-order chi connectivity index (χ1) is 6.45. The summed E-state index contributed by atoms with van der Waals surface area (Å²) in [5.41, 5.74) is 0.440. The smallest absolute Gasteiger partial charge is 0.287 e. The van der Waals surface area contributed by atoms with E-state index in [-0.39, 0.29) is 0 Å². The first-order valence-corrected chi connectivity index (χ1v) is 3.36. The first-order valence-electron chi connectivity index (χ1n) is 3.36. The number of rotatable bonds is 1. The molecule has 0 radical (unpaired) electrons. The number of amides is 1. The highest BCUT2D eigenvalue weighted by Crippen LogP contribution is 2.26. The molecule has 5 nitrogen and oxygen atoms in total. The molecule has 76 valence electrons. The first kappa shape index (κ1) is 10.4. The minimum atomic E-state index is -4.60. The fourth-order valence-corrected chi connectivity index (χ4v) is 0.691. The molecule has 0 bridgehead atoms. The molecule has 0 atom stereocenters. The number of carbonyl (C=O) groups is 1. The zero-order valence-electron chi connectivity index (χ0n) is 6.67. The predicted molar refractivity (Wildman–Crippen MR) is 38.7 cm³/mol. The molecule has 0 fully saturated rings. The summed E-state index contributed by atoms with van der Waals surface area (Å²) in [6.07, 6.45) is -3.77. The Morgan fingerprint density at radius 2 is 2.14 bits per heavy atom. The zero-order valence-corrected chi connectivity index (χ0v) is 6.67. The number of nitrogens with two attached hydrogens (primary N) is 1. The number of nitrogens with one attached hydrogen (secondary N) is 1. The lowest BCUT2D eigenvalue weighted by Gasteiger charge is -2.05. The topological polar surface area (TPSA) is 80.9 Å². The molecule has 14 heavy (non-hydrogen) atoms. The number of halogens is 3. The van der Waals surface area contributed by atoms with Crippen LogP contribution in [0.2, 0.25) is 0 Å². The van der Waals surface area contributed by atoms with Gasteiger partial charge in [0.25, 0.3) is 0 Å². The lowest BCUT2D eigenvalue weighted by molar-refractivity contribution is -0.141. The third kappa shape index (κ3) is 2.16. The fourth-order valence-electron chi connectivity index (χ4n) is 0.691. The van der Waals surface area contributed by atoms with Gasteiger partial charge in [-0.05, 0) is 6.07 Å². The van der Waals surface area contributed by atoms with Crippen molar-refractivity contribution in [2.45, 2.75) is 6.18 Å². The molecule has 0 unspecified atom stereocenters. The Morgan fingerprint density at radius 3 is 2.64 bits per heavy atom. The Hall–Kier alpha value is -1.70. The zero-order chi connectivity index (χ0) is 10.8. The van der Waals surface area contributed by atoms with Crippen LogP contribution in [-0.2, 0) is 6.18 Å². The number of nitrogen functional groups attached to an aromatic ring is 1. The molecular formula is C6H5F3N4O. The van der Waals surface area contributed by atoms with E-state index in [1.165, 1.54) is 0 Å². The summed E-state index contributed by atoms with van der Waals surface area (Å²) in [7, 11) is 0. The van der Waals surface area contributed by atoms with Crippen LogP contribution in [0.15, 0.2) is 12.3 Å². The lowest BCUT2D eigenvalue weighted by atomic mass is 10.4. The molecule has 0 saturated carbocycles. The standard InChI is InChI=1S/C6H5F3N4O/c7-6(8,9)3-1-2-11-4(12-3)5(14)13-10/h1-2H,10H2,(H,13,14). The van der Waals surface area contributed by atoms with Crippen LogP contribution in [0.4, 0.5) is 13.2 Å². The van der Waals surface area contributed by atoms with E-state index < -0.39 is 23.6 Å². The molecule has 1 rings (SSSR count). The van der Waals surface area contributed by atoms with Crippen LogP contribution in [0.5, 0.6) is 0 Å². The molecule has 1 heterocycles. The summed E-state index contributed by atoms with van der Waals surface area (Å²) >= 11 is 0. The van der Waals surface area contributed by atoms with Gasteiger partial charge in [-0.3, -0.25) is 10.2 Å². The summed E-state index contributed by atoms with van der Waals surface area (Å²) in [6.45, 7) is 0. The van der Waals surface area contributed by atoms with Gasteiger partial charge in [-0.1, -0.05) is 0 Å². The predicted octanol–water partition coefficient (Wildman–Crippen LogP) is 0.0989. The van der Waals surface area contributed by atoms with Gasteiger partial charge >= 0.3 is 12.1 Å². The molecule has 0 spiro atoms. The van der Waals surface area contributed by atoms with E-state index >= 15 is 0 Å². The molecule has 8 heteroatoms. The van der Waals surface area contributed by atoms with Gasteiger partial charge in [-0.2, -0.15) is 13.2 Å². The number of hydrazine groups is 1. The van der Waals surface area contributed by atoms with E-state index in [2.05, 4.69) is 9.97 Å². The van der Waals surface area contributed by atoms with Crippen molar-refractivity contribution in [2.75, 3.05) is 0 Å². The SMILES string of the molecule is NNC(=O)c1nccc(C(F)(F)F)n1. The van der Waals surface area contributed by atoms with Gasteiger partial charge in [-0.25, -0.2) is 15.8 Å². The molecule has 0 saturated heterocycles. The fraction of sp³-hybridized carbons (Fsp3) is 0.167. The van der Waals surface area contributed by atoms with Crippen LogP contribution >= 0.6 is 0 Å². The maximum absolute atomic E-state index is 12.1. The number of hydrogen-bond donors (Lipinski definition) is 2. The summed E-state index contributed by atoms with van der Waals surface area (Å²) in [4.78, 5) is 17.1. The summed E-state index contributed by atoms with van der Waals surface area (Å²) < 4.78 is 36.2. The van der Waals surface area contributed by atoms with Crippen molar-refractivity contribution in [3.63, 3.8) is 0 Å². The van der Waals surface area contributed by atoms with Crippen molar-refractivity contribution < 1.29 is 18.0 Å². The van der Waals surface area contributed by atoms with Gasteiger partial charge in [0.1, 0.15) is 5.69 Å². The monoisotopic (exact) mass is 206 g/mol. The molecule has 0 aromatic carbocycles. The van der Waals surface area contributed by atoms with Crippen molar-refractivity contribution >= 4 is 5.91 Å². The Bertz CT molecular complexity index is 351. The highest BCUT2D eigenvalue weighted by molar-refractivity contribution is 5.89. The number of nitrogens with zero attached hydrogens (tertiary/aromatic N) is 2. The van der Waals surface area contributed by atoms with Crippen LogP contribution in [-0.4, -0.2) is 15.9 Å². The van der Waals surface area contributed by atoms with E-state index in [9.17, 15) is 18.0 Å². The van der Waals surface area contributed by atoms with E-state index in [4.69, 9.17) is 5.84 Å². The highest BCUT2D eigenvalue weighted by Gasteiger charge is 2.33. The second-order valence-electron chi connectivity index (χ2n) is 2.24. The molecule has 3 N–H and O–H groups in total. The van der Waals surface area contributed by atoms with Crippen LogP contribution < -0.4 is 11.3 Å². The minimum absolute atomic E-state index is 0.623. The van der Waals surface area contributed by atoms with Crippen molar-refractivity contribution in [1.82, 2.24) is 15.4 Å². The van der Waals surface area contributed by atoms with E-state index in [1.807, 2.05) is 0 Å². The van der Waals surface area contributed by atoms with Crippen LogP contribution in [0.25, 0.3) is 0 Å². The maximum Gasteiger partial charge on any atom is 0.433 e. The average Bonchev–Trinajstić information content (AvgIpc) is 2.15. The Morgan fingerprint density at radius 1 is 1.50 bits per heavy atom. The van der Waals surface area contributed by atoms with Gasteiger partial charge in [0.2, 0.25) is 5.82 Å². The van der Waals surface area contributed by atoms with Crippen molar-refractivity contribution in [1.29, 1.82) is 0 Å². The highest BCUT2D eigenvalue weighted by atomic mass is 19.4. The van der Waals surface area contributed by atoms with Crippen molar-refractivity contribution in [3.8, 4) is 0 Å². The second kappa shape index (κ2) is 3.58. The lowest BCUT2D eigenvalue weighted by Crippen LogP contribution is -2.32. The normalized spacial score (nSPS) is 11.1. The van der Waals surface area contributed by atoms with E-state index in [0.29, 0.717) is 6.07 Å². The summed E-state index contributed by atoms with van der Waals surface area (Å²) in [6, 6.07) is 0.660. The largest absolute Gasteiger partial charge is 0.433 e. The number of alkyl halides is 3. The van der Waals surface area contributed by atoms with Gasteiger partial charge in [0, 0.05) is 6.20 Å². The van der Waals surface area contributed by atoms with Gasteiger partial charge in [0.05, 0.1) is 0 Å². The third-order valence-corrected chi connectivity index (χ3v) is 1.28. The van der Waals surface area contributed by atoms with Gasteiger partial charge in [0.15, 0.2) is 0 Å². The summed E-state index contributed by atoms with van der Waals surface area (Å²) in [5.74, 6) is 3.10. The quantitative estimate of drug-likeness (QED) is 0.388. The average molecular weight is 206 g/mol. The number of aromatic nitrogens is 2. The molecule has 1 aromatic rings. The number of carbonyl (C=O) groups excluding carboxylic acids is 1. The Balaban J connectivity index is 3.08. The van der Waals surface area contributed by atoms with Crippen LogP contribution in [0.1, 0.15) is 16.3 Å². The molecule has 0 aliphatic rings. The molecule has 0 aliphatic heterocycles. The molecular weight excluding hydrogens is 201 g/mol. The van der Waals surface area contributed by atoms with Crippen molar-refractivity contribution in [2.24, 2.45) is 5.84 Å². The second-order valence-corrected chi connectivity index (χ2v) is 2.24. The van der Waals surface area contributed by atoms with Crippen molar-refractivity contribution in [3.05, 3.63) is 23.8 Å². The van der Waals surface area contributed by atoms with E-state index in [1.54, 1.807) is 5.43 Å². The Labute approximate surface area is 76.1 Å². The minimum Gasteiger partial charge on any atom is -0.287 e. The maximum atomic E-state index is 12.1. The Kier molecular flexibility index (Phi) is 2.65. The molecule has 1 aromatic heterocycles. The third-order valence-electron chi connectivity index (χ3n) is 1.28. The molecule has 1 amide bonds. The van der Waals surface area contributed by atoms with Crippen LogP contribution in [0.3, 0.4) is 0 Å². The molecule has 0 aliphatic carbocycles. The van der Waals surface area contributed by atoms with Gasteiger partial charge < -0.3 is 0 Å².